The average molecular weight is 168 g/mol. The number of hydrogen-bond donors (Lipinski definition) is 0. The van der Waals surface area contributed by atoms with Crippen LogP contribution in [0.15, 0.2) is 4.52 Å². The smallest absolute Gasteiger partial charge is 0.229 e. The highest BCUT2D eigenvalue weighted by Gasteiger charge is 2.10. The third kappa shape index (κ3) is 2.15. The summed E-state index contributed by atoms with van der Waals surface area (Å²) in [6.45, 7) is 5.43. The Kier molecular flexibility index (Phi) is 2.58. The van der Waals surface area contributed by atoms with Crippen LogP contribution < -0.4 is 0 Å². The topological polar surface area (TPSA) is 56.0 Å². The van der Waals surface area contributed by atoms with Crippen LogP contribution in [0.25, 0.3) is 0 Å². The molecule has 0 unspecified atom stereocenters. The van der Waals surface area contributed by atoms with Gasteiger partial charge < -0.3 is 4.52 Å². The number of Topliss-reactive ketones (excluding diaryl/α,β-unsaturated/α-hetero) is 1. The standard InChI is InChI=1S/C8H12N2O2/c1-5(2)8-9-7(10-12-8)4-6(3)11/h5H,4H2,1-3H3. The molecule has 1 heterocycles. The van der Waals surface area contributed by atoms with E-state index in [1.165, 1.54) is 6.92 Å². The van der Waals surface area contributed by atoms with Crippen molar-refractivity contribution in [2.75, 3.05) is 0 Å². The first-order valence-electron chi connectivity index (χ1n) is 3.91. The van der Waals surface area contributed by atoms with E-state index < -0.39 is 0 Å². The van der Waals surface area contributed by atoms with E-state index in [0.29, 0.717) is 11.7 Å². The van der Waals surface area contributed by atoms with E-state index in [-0.39, 0.29) is 18.1 Å². The van der Waals surface area contributed by atoms with Crippen molar-refractivity contribution in [1.29, 1.82) is 0 Å². The van der Waals surface area contributed by atoms with Gasteiger partial charge in [0, 0.05) is 5.92 Å². The van der Waals surface area contributed by atoms with Crippen LogP contribution in [0.3, 0.4) is 0 Å². The van der Waals surface area contributed by atoms with Gasteiger partial charge in [0.05, 0.1) is 6.42 Å². The number of nitrogens with zero attached hydrogens (tertiary/aromatic N) is 2. The minimum Gasteiger partial charge on any atom is -0.339 e. The van der Waals surface area contributed by atoms with Crippen LogP contribution in [-0.4, -0.2) is 15.9 Å². The first kappa shape index (κ1) is 8.90. The Labute approximate surface area is 71.0 Å². The molecule has 0 amide bonds. The molecule has 0 atom stereocenters. The molecule has 1 rings (SSSR count). The van der Waals surface area contributed by atoms with Crippen molar-refractivity contribution in [2.24, 2.45) is 0 Å². The fourth-order valence-electron chi connectivity index (χ4n) is 0.796. The Balaban J connectivity index is 2.70. The molecule has 66 valence electrons. The Bertz CT molecular complexity index is 278. The second-order valence-electron chi connectivity index (χ2n) is 3.08. The number of rotatable bonds is 3. The van der Waals surface area contributed by atoms with Crippen LogP contribution in [0.4, 0.5) is 0 Å². The lowest BCUT2D eigenvalue weighted by molar-refractivity contribution is -0.116. The summed E-state index contributed by atoms with van der Waals surface area (Å²) in [6, 6.07) is 0. The summed E-state index contributed by atoms with van der Waals surface area (Å²) < 4.78 is 4.91. The van der Waals surface area contributed by atoms with Crippen LogP contribution in [0.2, 0.25) is 0 Å². The third-order valence-electron chi connectivity index (χ3n) is 1.38. The largest absolute Gasteiger partial charge is 0.339 e. The fraction of sp³-hybridized carbons (Fsp3) is 0.625. The lowest BCUT2D eigenvalue weighted by Gasteiger charge is -1.91. The number of hydrogen-bond acceptors (Lipinski definition) is 4. The second-order valence-corrected chi connectivity index (χ2v) is 3.08. The van der Waals surface area contributed by atoms with Crippen LogP contribution in [0.1, 0.15) is 38.4 Å². The van der Waals surface area contributed by atoms with Gasteiger partial charge in [-0.25, -0.2) is 0 Å². The van der Waals surface area contributed by atoms with Gasteiger partial charge in [-0.15, -0.1) is 0 Å². The molecule has 1 aromatic rings. The molecular weight excluding hydrogens is 156 g/mol. The van der Waals surface area contributed by atoms with Crippen molar-refractivity contribution < 1.29 is 9.32 Å². The highest BCUT2D eigenvalue weighted by molar-refractivity contribution is 5.77. The summed E-state index contributed by atoms with van der Waals surface area (Å²) in [4.78, 5) is 14.7. The molecule has 0 radical (unpaired) electrons. The normalized spacial score (nSPS) is 10.7. The molecule has 0 aliphatic heterocycles. The van der Waals surface area contributed by atoms with Crippen molar-refractivity contribution in [2.45, 2.75) is 33.1 Å². The van der Waals surface area contributed by atoms with Crippen molar-refractivity contribution in [3.63, 3.8) is 0 Å². The summed E-state index contributed by atoms with van der Waals surface area (Å²) in [5.41, 5.74) is 0. The zero-order valence-corrected chi connectivity index (χ0v) is 7.50. The molecule has 1 aromatic heterocycles. The van der Waals surface area contributed by atoms with Crippen molar-refractivity contribution in [3.05, 3.63) is 11.7 Å². The zero-order valence-electron chi connectivity index (χ0n) is 7.50. The quantitative estimate of drug-likeness (QED) is 0.683. The second kappa shape index (κ2) is 3.47. The summed E-state index contributed by atoms with van der Waals surface area (Å²) in [7, 11) is 0. The van der Waals surface area contributed by atoms with Crippen molar-refractivity contribution >= 4 is 5.78 Å². The molecule has 0 bridgehead atoms. The number of ketones is 1. The van der Waals surface area contributed by atoms with Gasteiger partial charge in [-0.2, -0.15) is 4.98 Å². The van der Waals surface area contributed by atoms with Crippen molar-refractivity contribution in [1.82, 2.24) is 10.1 Å². The molecule has 0 aliphatic rings. The van der Waals surface area contributed by atoms with E-state index in [1.807, 2.05) is 13.8 Å². The molecule has 0 saturated carbocycles. The maximum Gasteiger partial charge on any atom is 0.229 e. The first-order valence-corrected chi connectivity index (χ1v) is 3.91. The van der Waals surface area contributed by atoms with Gasteiger partial charge in [-0.1, -0.05) is 19.0 Å². The third-order valence-corrected chi connectivity index (χ3v) is 1.38. The molecule has 0 N–H and O–H groups in total. The predicted octanol–water partition coefficient (Wildman–Crippen LogP) is 1.32. The van der Waals surface area contributed by atoms with Crippen LogP contribution in [0.5, 0.6) is 0 Å². The molecule has 4 heteroatoms. The van der Waals surface area contributed by atoms with Crippen LogP contribution >= 0.6 is 0 Å². The van der Waals surface area contributed by atoms with E-state index in [0.717, 1.165) is 0 Å². The Morgan fingerprint density at radius 2 is 2.25 bits per heavy atom. The van der Waals surface area contributed by atoms with Gasteiger partial charge in [-0.3, -0.25) is 4.79 Å². The average Bonchev–Trinajstić information content (AvgIpc) is 2.34. The van der Waals surface area contributed by atoms with E-state index in [4.69, 9.17) is 4.52 Å². The van der Waals surface area contributed by atoms with E-state index in [2.05, 4.69) is 10.1 Å². The molecule has 0 saturated heterocycles. The Morgan fingerprint density at radius 1 is 1.58 bits per heavy atom. The van der Waals surface area contributed by atoms with E-state index in [9.17, 15) is 4.79 Å². The Morgan fingerprint density at radius 3 is 2.67 bits per heavy atom. The highest BCUT2D eigenvalue weighted by Crippen LogP contribution is 2.10. The zero-order chi connectivity index (χ0) is 9.14. The maximum absolute atomic E-state index is 10.7. The monoisotopic (exact) mass is 168 g/mol. The Hall–Kier alpha value is -1.19. The van der Waals surface area contributed by atoms with Crippen molar-refractivity contribution in [3.8, 4) is 0 Å². The highest BCUT2D eigenvalue weighted by atomic mass is 16.5. The lowest BCUT2D eigenvalue weighted by Crippen LogP contribution is -1.98. The predicted molar refractivity (Wildman–Crippen MR) is 42.8 cm³/mol. The minimum absolute atomic E-state index is 0.0473. The van der Waals surface area contributed by atoms with Gasteiger partial charge >= 0.3 is 0 Å². The molecule has 0 aliphatic carbocycles. The van der Waals surface area contributed by atoms with Crippen LogP contribution in [-0.2, 0) is 11.2 Å². The van der Waals surface area contributed by atoms with E-state index in [1.54, 1.807) is 0 Å². The molecular formula is C8H12N2O2. The van der Waals surface area contributed by atoms with Gasteiger partial charge in [0.15, 0.2) is 5.82 Å². The maximum atomic E-state index is 10.7. The fourth-order valence-corrected chi connectivity index (χ4v) is 0.796. The summed E-state index contributed by atoms with van der Waals surface area (Å²) in [5, 5.41) is 3.67. The summed E-state index contributed by atoms with van der Waals surface area (Å²) in [5.74, 6) is 1.33. The summed E-state index contributed by atoms with van der Waals surface area (Å²) in [6.07, 6.45) is 0.260. The molecule has 0 spiro atoms. The summed E-state index contributed by atoms with van der Waals surface area (Å²) >= 11 is 0. The van der Waals surface area contributed by atoms with Gasteiger partial charge in [0.1, 0.15) is 5.78 Å². The molecule has 12 heavy (non-hydrogen) atoms. The van der Waals surface area contributed by atoms with Gasteiger partial charge in [0.2, 0.25) is 5.89 Å². The lowest BCUT2D eigenvalue weighted by atomic mass is 10.2. The molecule has 4 nitrogen and oxygen atoms in total. The van der Waals surface area contributed by atoms with E-state index >= 15 is 0 Å². The van der Waals surface area contributed by atoms with Crippen LogP contribution in [0, 0.1) is 0 Å². The minimum atomic E-state index is 0.0473. The number of aromatic nitrogens is 2. The van der Waals surface area contributed by atoms with Gasteiger partial charge in [0.25, 0.3) is 0 Å². The SMILES string of the molecule is CC(=O)Cc1noc(C(C)C)n1. The first-order chi connectivity index (χ1) is 5.59. The molecule has 0 aromatic carbocycles. The van der Waals surface area contributed by atoms with Gasteiger partial charge in [-0.05, 0) is 6.92 Å². The number of carbonyl (C=O) groups is 1. The number of carbonyl (C=O) groups excluding carboxylic acids is 1. The molecule has 0 fully saturated rings.